The Labute approximate surface area is 157 Å². The van der Waals surface area contributed by atoms with Crippen molar-refractivity contribution < 1.29 is 4.57 Å². The van der Waals surface area contributed by atoms with Gasteiger partial charge in [-0.15, -0.1) is 0 Å². The minimum absolute atomic E-state index is 0.775. The molecule has 0 bridgehead atoms. The fourth-order valence-corrected chi connectivity index (χ4v) is 4.30. The van der Waals surface area contributed by atoms with Crippen LogP contribution in [0.25, 0.3) is 22.4 Å². The van der Waals surface area contributed by atoms with Gasteiger partial charge >= 0.3 is 0 Å². The minimum Gasteiger partial charge on any atom is -0.200 e. The third-order valence-corrected chi connectivity index (χ3v) is 5.88. The van der Waals surface area contributed by atoms with Crippen LogP contribution < -0.4 is 4.57 Å². The van der Waals surface area contributed by atoms with Gasteiger partial charge in [-0.05, 0) is 54.5 Å². The fraction of sp³-hybridized carbons (Fsp3) is 0.320. The van der Waals surface area contributed by atoms with Crippen molar-refractivity contribution in [1.29, 1.82) is 0 Å². The molecule has 0 radical (unpaired) electrons. The monoisotopic (exact) mass is 342 g/mol. The lowest BCUT2D eigenvalue weighted by Gasteiger charge is -2.22. The van der Waals surface area contributed by atoms with Crippen LogP contribution in [0.2, 0.25) is 0 Å². The Hall–Kier alpha value is -2.41. The molecule has 1 aliphatic carbocycles. The van der Waals surface area contributed by atoms with Crippen molar-refractivity contribution in [2.24, 2.45) is 7.05 Å². The molecule has 1 aromatic heterocycles. The molecule has 1 aliphatic rings. The quantitative estimate of drug-likeness (QED) is 0.499. The van der Waals surface area contributed by atoms with Gasteiger partial charge in [0.2, 0.25) is 5.69 Å². The highest BCUT2D eigenvalue weighted by Crippen LogP contribution is 2.33. The molecule has 0 atom stereocenters. The summed E-state index contributed by atoms with van der Waals surface area (Å²) in [5.74, 6) is 0.775. The number of rotatable bonds is 3. The number of aromatic nitrogens is 1. The van der Waals surface area contributed by atoms with Crippen molar-refractivity contribution in [3.63, 3.8) is 0 Å². The van der Waals surface area contributed by atoms with Gasteiger partial charge in [-0.3, -0.25) is 0 Å². The zero-order valence-corrected chi connectivity index (χ0v) is 15.9. The molecule has 132 valence electrons. The molecular weight excluding hydrogens is 314 g/mol. The topological polar surface area (TPSA) is 3.88 Å². The molecule has 3 aromatic rings. The van der Waals surface area contributed by atoms with E-state index in [1.54, 1.807) is 0 Å². The predicted molar refractivity (Wildman–Crippen MR) is 109 cm³/mol. The van der Waals surface area contributed by atoms with Crippen molar-refractivity contribution in [2.45, 2.75) is 44.9 Å². The molecule has 1 heteroatoms. The summed E-state index contributed by atoms with van der Waals surface area (Å²) in [5.41, 5.74) is 7.97. The summed E-state index contributed by atoms with van der Waals surface area (Å²) in [5, 5.41) is 0. The Morgan fingerprint density at radius 1 is 0.769 bits per heavy atom. The van der Waals surface area contributed by atoms with Crippen molar-refractivity contribution in [2.75, 3.05) is 0 Å². The summed E-state index contributed by atoms with van der Waals surface area (Å²) in [6, 6.07) is 22.4. The maximum atomic E-state index is 2.35. The van der Waals surface area contributed by atoms with Crippen LogP contribution in [0.5, 0.6) is 0 Å². The largest absolute Gasteiger partial charge is 0.212 e. The van der Waals surface area contributed by atoms with Crippen molar-refractivity contribution in [1.82, 2.24) is 0 Å². The average molecular weight is 343 g/mol. The SMILES string of the molecule is Cc1ccccc1-c1ccc(-c2ccc(C3CCCCC3)cc2)c[n+]1C. The maximum absolute atomic E-state index is 2.35. The molecule has 1 nitrogen and oxygen atoms in total. The summed E-state index contributed by atoms with van der Waals surface area (Å²) in [6.45, 7) is 2.17. The molecule has 26 heavy (non-hydrogen) atoms. The predicted octanol–water partition coefficient (Wildman–Crippen LogP) is 6.20. The number of benzene rings is 2. The van der Waals surface area contributed by atoms with E-state index in [1.807, 2.05) is 0 Å². The highest BCUT2D eigenvalue weighted by molar-refractivity contribution is 5.66. The number of hydrogen-bond donors (Lipinski definition) is 0. The molecular formula is C25H28N+. The van der Waals surface area contributed by atoms with Crippen LogP contribution in [0, 0.1) is 6.92 Å². The zero-order valence-electron chi connectivity index (χ0n) is 15.9. The van der Waals surface area contributed by atoms with Crippen LogP contribution in [0.15, 0.2) is 66.9 Å². The van der Waals surface area contributed by atoms with Crippen molar-refractivity contribution >= 4 is 0 Å². The molecule has 0 spiro atoms. The van der Waals surface area contributed by atoms with Crippen LogP contribution in [0.1, 0.15) is 49.1 Å². The molecule has 1 fully saturated rings. The zero-order chi connectivity index (χ0) is 17.9. The van der Waals surface area contributed by atoms with E-state index in [0.29, 0.717) is 0 Å². The second-order valence-electron chi connectivity index (χ2n) is 7.69. The average Bonchev–Trinajstić information content (AvgIpc) is 2.69. The van der Waals surface area contributed by atoms with Crippen LogP contribution in [0.3, 0.4) is 0 Å². The fourth-order valence-electron chi connectivity index (χ4n) is 4.30. The molecule has 1 heterocycles. The summed E-state index contributed by atoms with van der Waals surface area (Å²) >= 11 is 0. The first-order valence-electron chi connectivity index (χ1n) is 9.88. The second-order valence-corrected chi connectivity index (χ2v) is 7.69. The molecule has 2 aromatic carbocycles. The van der Waals surface area contributed by atoms with E-state index in [1.165, 1.54) is 65.6 Å². The van der Waals surface area contributed by atoms with E-state index in [9.17, 15) is 0 Å². The number of aryl methyl sites for hydroxylation is 2. The van der Waals surface area contributed by atoms with Crippen LogP contribution in [-0.2, 0) is 7.05 Å². The van der Waals surface area contributed by atoms with Crippen LogP contribution >= 0.6 is 0 Å². The molecule has 1 saturated carbocycles. The maximum Gasteiger partial charge on any atom is 0.212 e. The third kappa shape index (κ3) is 3.44. The van der Waals surface area contributed by atoms with Crippen LogP contribution in [-0.4, -0.2) is 0 Å². The first-order chi connectivity index (χ1) is 12.7. The first-order valence-corrected chi connectivity index (χ1v) is 9.88. The van der Waals surface area contributed by atoms with Gasteiger partial charge in [0.15, 0.2) is 6.20 Å². The minimum atomic E-state index is 0.775. The van der Waals surface area contributed by atoms with Gasteiger partial charge in [-0.2, -0.15) is 0 Å². The van der Waals surface area contributed by atoms with Gasteiger partial charge < -0.3 is 0 Å². The Balaban J connectivity index is 1.60. The van der Waals surface area contributed by atoms with Gasteiger partial charge in [0, 0.05) is 17.2 Å². The first kappa shape index (κ1) is 17.0. The lowest BCUT2D eigenvalue weighted by Crippen LogP contribution is -2.30. The normalized spacial score (nSPS) is 15.2. The third-order valence-electron chi connectivity index (χ3n) is 5.88. The van der Waals surface area contributed by atoms with Gasteiger partial charge in [0.1, 0.15) is 7.05 Å². The Morgan fingerprint density at radius 3 is 2.15 bits per heavy atom. The van der Waals surface area contributed by atoms with Gasteiger partial charge in [-0.25, -0.2) is 4.57 Å². The molecule has 4 rings (SSSR count). The highest BCUT2D eigenvalue weighted by Gasteiger charge is 2.16. The van der Waals surface area contributed by atoms with Gasteiger partial charge in [0.25, 0.3) is 0 Å². The van der Waals surface area contributed by atoms with E-state index < -0.39 is 0 Å². The summed E-state index contributed by atoms with van der Waals surface area (Å²) in [7, 11) is 2.14. The van der Waals surface area contributed by atoms with E-state index in [-0.39, 0.29) is 0 Å². The Kier molecular flexibility index (Phi) is 4.88. The Bertz CT molecular complexity index is 886. The highest BCUT2D eigenvalue weighted by atomic mass is 14.9. The molecule has 0 N–H and O–H groups in total. The van der Waals surface area contributed by atoms with E-state index in [2.05, 4.69) is 85.4 Å². The molecule has 0 unspecified atom stereocenters. The Morgan fingerprint density at radius 2 is 1.46 bits per heavy atom. The van der Waals surface area contributed by atoms with E-state index in [4.69, 9.17) is 0 Å². The van der Waals surface area contributed by atoms with Gasteiger partial charge in [0.05, 0.1) is 0 Å². The number of nitrogens with zero attached hydrogens (tertiary/aromatic N) is 1. The molecule has 0 amide bonds. The standard InChI is InChI=1S/C25H28N/c1-19-8-6-7-11-24(19)25-17-16-23(18-26(25)2)22-14-12-21(13-15-22)20-9-4-3-5-10-20/h6-8,11-18,20H,3-5,9-10H2,1-2H3/q+1. The second kappa shape index (κ2) is 7.45. The summed E-state index contributed by atoms with van der Waals surface area (Å²) < 4.78 is 2.24. The van der Waals surface area contributed by atoms with E-state index >= 15 is 0 Å². The molecule has 0 saturated heterocycles. The van der Waals surface area contributed by atoms with Crippen LogP contribution in [0.4, 0.5) is 0 Å². The molecule has 0 aliphatic heterocycles. The number of pyridine rings is 1. The summed E-state index contributed by atoms with van der Waals surface area (Å²) in [4.78, 5) is 0. The van der Waals surface area contributed by atoms with E-state index in [0.717, 1.165) is 5.92 Å². The lowest BCUT2D eigenvalue weighted by atomic mass is 9.84. The van der Waals surface area contributed by atoms with Crippen molar-refractivity contribution in [3.8, 4) is 22.4 Å². The van der Waals surface area contributed by atoms with Gasteiger partial charge in [-0.1, -0.05) is 61.7 Å². The smallest absolute Gasteiger partial charge is 0.200 e. The number of hydrogen-bond acceptors (Lipinski definition) is 0. The van der Waals surface area contributed by atoms with Crippen molar-refractivity contribution in [3.05, 3.63) is 78.0 Å². The summed E-state index contributed by atoms with van der Waals surface area (Å²) in [6.07, 6.45) is 9.17. The lowest BCUT2D eigenvalue weighted by molar-refractivity contribution is -0.659.